The van der Waals surface area contributed by atoms with Gasteiger partial charge in [0.2, 0.25) is 0 Å². The van der Waals surface area contributed by atoms with Gasteiger partial charge in [-0.3, -0.25) is 0 Å². The molecule has 0 heterocycles. The van der Waals surface area contributed by atoms with Gasteiger partial charge in [0, 0.05) is 10.8 Å². The summed E-state index contributed by atoms with van der Waals surface area (Å²) in [4.78, 5) is 52.8. The maximum Gasteiger partial charge on any atom is 0.423 e. The highest BCUT2D eigenvalue weighted by Crippen LogP contribution is 2.50. The van der Waals surface area contributed by atoms with Gasteiger partial charge in [0.05, 0.1) is 43.3 Å². The number of carbonyl (C=O) groups is 4. The van der Waals surface area contributed by atoms with E-state index in [1.807, 2.05) is 13.8 Å². The largest absolute Gasteiger partial charge is 0.461 e. The molecule has 0 saturated heterocycles. The molecular formula is C34H36Cl6O8. The number of hydrogen-bond acceptors (Lipinski definition) is 8. The normalized spacial score (nSPS) is 22.7. The van der Waals surface area contributed by atoms with Crippen molar-refractivity contribution in [3.63, 3.8) is 0 Å². The van der Waals surface area contributed by atoms with E-state index < -0.39 is 46.5 Å². The molecule has 2 aliphatic rings. The van der Waals surface area contributed by atoms with E-state index >= 15 is 0 Å². The summed E-state index contributed by atoms with van der Waals surface area (Å²) in [7, 11) is 0. The van der Waals surface area contributed by atoms with Crippen LogP contribution in [-0.2, 0) is 19.1 Å². The van der Waals surface area contributed by atoms with E-state index in [4.69, 9.17) is 88.6 Å². The number of benzene rings is 2. The van der Waals surface area contributed by atoms with Crippen LogP contribution in [-0.4, -0.2) is 37.1 Å². The predicted molar refractivity (Wildman–Crippen MR) is 186 cm³/mol. The van der Waals surface area contributed by atoms with Gasteiger partial charge in [0.15, 0.2) is 11.5 Å². The van der Waals surface area contributed by atoms with E-state index in [1.54, 1.807) is 0 Å². The highest BCUT2D eigenvalue weighted by molar-refractivity contribution is 6.47. The zero-order chi connectivity index (χ0) is 36.0. The van der Waals surface area contributed by atoms with Gasteiger partial charge in [-0.1, -0.05) is 111 Å². The Hall–Kier alpha value is -1.94. The summed E-state index contributed by atoms with van der Waals surface area (Å²) >= 11 is 37.7. The molecule has 4 rings (SSSR count). The Bertz CT molecular complexity index is 1550. The quantitative estimate of drug-likeness (QED) is 0.113. The lowest BCUT2D eigenvalue weighted by atomic mass is 9.84. The standard InChI is InChI=1S/C34H36Cl6O8/c1-31(2)7-9-33(5,13-31)15-45-27(41)21-23(39)17(35)11-19(37)25(21)47-29(43)30(44)48-26-20(38)12-18(36)24(40)22(26)28(42)46-16-34(6)10-8-32(3,4)14-34/h11-12H,7-10,13-16H2,1-6H3. The molecule has 0 radical (unpaired) electrons. The maximum absolute atomic E-state index is 13.3. The lowest BCUT2D eigenvalue weighted by Gasteiger charge is -2.26. The van der Waals surface area contributed by atoms with Crippen molar-refractivity contribution in [3.8, 4) is 11.5 Å². The Labute approximate surface area is 309 Å². The summed E-state index contributed by atoms with van der Waals surface area (Å²) in [5, 5.41) is -1.49. The molecule has 48 heavy (non-hydrogen) atoms. The first-order valence-corrected chi connectivity index (χ1v) is 17.5. The van der Waals surface area contributed by atoms with Crippen LogP contribution in [0.2, 0.25) is 30.1 Å². The third kappa shape index (κ3) is 8.85. The predicted octanol–water partition coefficient (Wildman–Crippen LogP) is 10.9. The van der Waals surface area contributed by atoms with Gasteiger partial charge in [-0.25, -0.2) is 19.2 Å². The number of hydrogen-bond donors (Lipinski definition) is 0. The number of carbonyl (C=O) groups excluding carboxylic acids is 4. The molecule has 0 amide bonds. The molecule has 2 atom stereocenters. The number of halogens is 6. The molecule has 0 aliphatic heterocycles. The highest BCUT2D eigenvalue weighted by atomic mass is 35.5. The van der Waals surface area contributed by atoms with Crippen molar-refractivity contribution in [1.82, 2.24) is 0 Å². The molecule has 2 unspecified atom stereocenters. The van der Waals surface area contributed by atoms with Gasteiger partial charge in [-0.2, -0.15) is 0 Å². The molecule has 2 saturated carbocycles. The SMILES string of the molecule is CC1(C)CCC(C)(COC(=O)c2c(Cl)c(Cl)cc(Cl)c2OC(=O)C(=O)Oc2c(Cl)cc(Cl)c(Cl)c2C(=O)OCC2(C)CCC(C)(C)C2)C1. The first-order valence-electron chi connectivity index (χ1n) is 15.2. The first kappa shape index (κ1) is 38.9. The minimum atomic E-state index is -1.64. The van der Waals surface area contributed by atoms with Gasteiger partial charge in [-0.05, 0) is 61.5 Å². The molecule has 0 aromatic heterocycles. The molecule has 14 heteroatoms. The van der Waals surface area contributed by atoms with E-state index in [1.165, 1.54) is 0 Å². The molecule has 0 N–H and O–H groups in total. The van der Waals surface area contributed by atoms with Crippen molar-refractivity contribution in [3.05, 3.63) is 53.4 Å². The highest BCUT2D eigenvalue weighted by Gasteiger charge is 2.42. The van der Waals surface area contributed by atoms with E-state index in [-0.39, 0.29) is 65.0 Å². The fraction of sp³-hybridized carbons (Fsp3) is 0.529. The van der Waals surface area contributed by atoms with E-state index in [9.17, 15) is 19.2 Å². The third-order valence-corrected chi connectivity index (χ3v) is 11.1. The van der Waals surface area contributed by atoms with Crippen LogP contribution >= 0.6 is 69.6 Å². The second kappa shape index (κ2) is 14.4. The molecule has 2 aromatic carbocycles. The number of esters is 4. The van der Waals surface area contributed by atoms with Crippen molar-refractivity contribution < 1.29 is 38.1 Å². The van der Waals surface area contributed by atoms with E-state index in [0.717, 1.165) is 50.7 Å². The lowest BCUT2D eigenvalue weighted by Crippen LogP contribution is -2.28. The minimum Gasteiger partial charge on any atom is -0.461 e. The molecule has 2 aromatic rings. The molecule has 0 bridgehead atoms. The van der Waals surface area contributed by atoms with Crippen LogP contribution in [0.25, 0.3) is 0 Å². The zero-order valence-electron chi connectivity index (χ0n) is 27.3. The number of rotatable bonds is 8. The average molecular weight is 785 g/mol. The summed E-state index contributed by atoms with van der Waals surface area (Å²) in [6.07, 6.45) is 5.20. The molecule has 2 fully saturated rings. The van der Waals surface area contributed by atoms with Crippen molar-refractivity contribution in [2.75, 3.05) is 13.2 Å². The van der Waals surface area contributed by atoms with Gasteiger partial charge in [0.1, 0.15) is 11.1 Å². The van der Waals surface area contributed by atoms with E-state index in [0.29, 0.717) is 0 Å². The Morgan fingerprint density at radius 3 is 1.19 bits per heavy atom. The van der Waals surface area contributed by atoms with Gasteiger partial charge in [-0.15, -0.1) is 0 Å². The Morgan fingerprint density at radius 1 is 0.562 bits per heavy atom. The van der Waals surface area contributed by atoms with Gasteiger partial charge in [0.25, 0.3) is 0 Å². The van der Waals surface area contributed by atoms with Crippen LogP contribution in [0, 0.1) is 21.7 Å². The molecule has 0 spiro atoms. The van der Waals surface area contributed by atoms with Crippen LogP contribution in [0.3, 0.4) is 0 Å². The fourth-order valence-electron chi connectivity index (χ4n) is 6.81. The second-order valence-electron chi connectivity index (χ2n) is 15.0. The molecule has 2 aliphatic carbocycles. The second-order valence-corrected chi connectivity index (χ2v) is 17.3. The Morgan fingerprint density at radius 2 is 0.896 bits per heavy atom. The van der Waals surface area contributed by atoms with Gasteiger partial charge < -0.3 is 18.9 Å². The lowest BCUT2D eigenvalue weighted by molar-refractivity contribution is -0.156. The molecular weight excluding hydrogens is 749 g/mol. The Balaban J connectivity index is 1.55. The minimum absolute atomic E-state index is 0.0523. The first-order chi connectivity index (χ1) is 22.1. The van der Waals surface area contributed by atoms with Crippen LogP contribution < -0.4 is 9.47 Å². The Kier molecular flexibility index (Phi) is 11.6. The summed E-state index contributed by atoms with van der Waals surface area (Å²) in [5.74, 6) is -6.39. The van der Waals surface area contributed by atoms with Crippen LogP contribution in [0.5, 0.6) is 11.5 Å². The summed E-state index contributed by atoms with van der Waals surface area (Å²) in [6.45, 7) is 12.7. The summed E-state index contributed by atoms with van der Waals surface area (Å²) in [6, 6.07) is 2.26. The fourth-order valence-corrected chi connectivity index (χ4v) is 8.24. The van der Waals surface area contributed by atoms with Crippen molar-refractivity contribution in [2.24, 2.45) is 21.7 Å². The summed E-state index contributed by atoms with van der Waals surface area (Å²) in [5.41, 5.74) is -1.35. The van der Waals surface area contributed by atoms with E-state index in [2.05, 4.69) is 27.7 Å². The zero-order valence-corrected chi connectivity index (χ0v) is 31.9. The number of ether oxygens (including phenoxy) is 4. The van der Waals surface area contributed by atoms with Crippen molar-refractivity contribution in [2.45, 2.75) is 80.1 Å². The smallest absolute Gasteiger partial charge is 0.423 e. The average Bonchev–Trinajstić information content (AvgIpc) is 3.44. The topological polar surface area (TPSA) is 105 Å². The van der Waals surface area contributed by atoms with Crippen molar-refractivity contribution in [1.29, 1.82) is 0 Å². The molecule has 262 valence electrons. The van der Waals surface area contributed by atoms with Gasteiger partial charge >= 0.3 is 23.9 Å². The maximum atomic E-state index is 13.3. The van der Waals surface area contributed by atoms with Crippen LogP contribution in [0.15, 0.2) is 12.1 Å². The summed E-state index contributed by atoms with van der Waals surface area (Å²) < 4.78 is 21.7. The molecule has 8 nitrogen and oxygen atoms in total. The van der Waals surface area contributed by atoms with Crippen LogP contribution in [0.4, 0.5) is 0 Å². The third-order valence-electron chi connectivity index (χ3n) is 8.94. The van der Waals surface area contributed by atoms with Crippen LogP contribution in [0.1, 0.15) is 101 Å². The van der Waals surface area contributed by atoms with Crippen molar-refractivity contribution >= 4 is 93.5 Å². The monoisotopic (exact) mass is 782 g/mol.